The zero-order valence-electron chi connectivity index (χ0n) is 6.95. The van der Waals surface area contributed by atoms with Crippen molar-refractivity contribution in [3.05, 3.63) is 0 Å². The zero-order valence-corrected chi connectivity index (χ0v) is 10.9. The van der Waals surface area contributed by atoms with Crippen LogP contribution < -0.4 is 0 Å². The van der Waals surface area contributed by atoms with Crippen LogP contribution in [-0.4, -0.2) is 22.1 Å². The first-order valence-electron chi connectivity index (χ1n) is 3.55. The minimum atomic E-state index is -3.78. The molecule has 0 saturated carbocycles. The fraction of sp³-hybridized carbons (Fsp3) is 1.00. The molecule has 4 nitrogen and oxygen atoms in total. The zero-order chi connectivity index (χ0) is 11.0. The molecule has 0 radical (unpaired) electrons. The van der Waals surface area contributed by atoms with Crippen LogP contribution in [0.25, 0.3) is 0 Å². The number of halogens is 4. The molecule has 0 aromatic rings. The number of phosphoric acid groups is 1. The fourth-order valence-corrected chi connectivity index (χ4v) is 3.24. The van der Waals surface area contributed by atoms with Gasteiger partial charge in [0.05, 0.1) is 12.0 Å². The number of phosphoric ester groups is 1. The molecule has 0 aromatic carbocycles. The summed E-state index contributed by atoms with van der Waals surface area (Å²) in [4.78, 5) is 0. The monoisotopic (exact) mass is 302 g/mol. The Kier molecular flexibility index (Phi) is 4.42. The average Bonchev–Trinajstić information content (AvgIpc) is 2.19. The molecule has 3 atom stereocenters. The summed E-state index contributed by atoms with van der Waals surface area (Å²) in [6, 6.07) is 0. The Morgan fingerprint density at radius 1 is 1.64 bits per heavy atom. The van der Waals surface area contributed by atoms with Crippen LogP contribution in [0.4, 0.5) is 0 Å². The molecule has 0 N–H and O–H groups in total. The molecule has 1 aliphatic rings. The van der Waals surface area contributed by atoms with Gasteiger partial charge < -0.3 is 0 Å². The normalized spacial score (nSPS) is 38.5. The number of rotatable bonds is 3. The molecular weight excluding hydrogens is 297 g/mol. The van der Waals surface area contributed by atoms with Crippen molar-refractivity contribution < 1.29 is 18.1 Å². The van der Waals surface area contributed by atoms with Gasteiger partial charge in [-0.1, -0.05) is 34.8 Å². The van der Waals surface area contributed by atoms with Crippen LogP contribution in [-0.2, 0) is 18.1 Å². The maximum atomic E-state index is 11.6. The Labute approximate surface area is 101 Å². The van der Waals surface area contributed by atoms with E-state index in [1.54, 1.807) is 6.92 Å². The third kappa shape index (κ3) is 3.39. The van der Waals surface area contributed by atoms with Crippen molar-refractivity contribution in [2.45, 2.75) is 22.4 Å². The van der Waals surface area contributed by atoms with E-state index in [-0.39, 0.29) is 12.0 Å². The van der Waals surface area contributed by atoms with Crippen LogP contribution in [0.3, 0.4) is 0 Å². The Hall–Kier alpha value is 1.27. The molecule has 0 bridgehead atoms. The van der Waals surface area contributed by atoms with Crippen molar-refractivity contribution in [1.82, 2.24) is 0 Å². The molecule has 0 amide bonds. The van der Waals surface area contributed by atoms with Crippen molar-refractivity contribution in [3.8, 4) is 0 Å². The fourth-order valence-electron chi connectivity index (χ4n) is 0.637. The van der Waals surface area contributed by atoms with E-state index in [9.17, 15) is 4.57 Å². The molecular formula is C5H7Cl4O4P. The van der Waals surface area contributed by atoms with E-state index >= 15 is 0 Å². The van der Waals surface area contributed by atoms with Crippen molar-refractivity contribution in [1.29, 1.82) is 0 Å². The van der Waals surface area contributed by atoms with Gasteiger partial charge in [0.1, 0.15) is 0 Å². The third-order valence-electron chi connectivity index (χ3n) is 1.18. The van der Waals surface area contributed by atoms with Crippen molar-refractivity contribution in [3.63, 3.8) is 0 Å². The van der Waals surface area contributed by atoms with E-state index in [0.717, 1.165) is 0 Å². The molecule has 9 heteroatoms. The largest absolute Gasteiger partial charge is 0.479 e. The lowest BCUT2D eigenvalue weighted by molar-refractivity contribution is 0.183. The maximum Gasteiger partial charge on any atom is 0.479 e. The summed E-state index contributed by atoms with van der Waals surface area (Å²) in [6.07, 6.45) is 0. The Bertz CT molecular complexity index is 258. The number of hydrogen-bond acceptors (Lipinski definition) is 4. The number of hydrogen-bond donors (Lipinski definition) is 0. The summed E-state index contributed by atoms with van der Waals surface area (Å²) in [5.74, 6) is 0. The highest BCUT2D eigenvalue weighted by Crippen LogP contribution is 2.64. The molecule has 0 aliphatic carbocycles. The van der Waals surface area contributed by atoms with E-state index < -0.39 is 17.9 Å². The highest BCUT2D eigenvalue weighted by Gasteiger charge is 2.55. The topological polar surface area (TPSA) is 44.8 Å². The summed E-state index contributed by atoms with van der Waals surface area (Å²) in [5, 5.41) is -0.345. The Morgan fingerprint density at radius 3 is 2.57 bits per heavy atom. The van der Waals surface area contributed by atoms with Gasteiger partial charge in [0.25, 0.3) is 4.52 Å². The molecule has 0 spiro atoms. The highest BCUT2D eigenvalue weighted by molar-refractivity contribution is 7.49. The van der Waals surface area contributed by atoms with Crippen LogP contribution in [0, 0.1) is 0 Å². The number of alkyl halides is 4. The summed E-state index contributed by atoms with van der Waals surface area (Å²) in [5.41, 5.74) is -1.25. The standard InChI is InChI=1S/C5H7Cl4O4P/c1-3(6)2-11-14(10)12-4(7)5(8,9)13-14/h3-4H,2H2,1H3. The van der Waals surface area contributed by atoms with Gasteiger partial charge in [-0.25, -0.2) is 9.09 Å². The first-order valence-corrected chi connectivity index (χ1v) is 6.64. The van der Waals surface area contributed by atoms with Gasteiger partial charge in [0.15, 0.2) is 0 Å². The maximum absolute atomic E-state index is 11.6. The summed E-state index contributed by atoms with van der Waals surface area (Å²) in [6.45, 7) is 1.63. The summed E-state index contributed by atoms with van der Waals surface area (Å²) < 4.78 is 23.8. The van der Waals surface area contributed by atoms with Crippen molar-refractivity contribution >= 4 is 54.2 Å². The minimum absolute atomic E-state index is 0.0215. The molecule has 84 valence electrons. The molecule has 14 heavy (non-hydrogen) atoms. The van der Waals surface area contributed by atoms with Crippen LogP contribution in [0.15, 0.2) is 0 Å². The lowest BCUT2D eigenvalue weighted by Crippen LogP contribution is -2.21. The van der Waals surface area contributed by atoms with Gasteiger partial charge in [0.2, 0.25) is 5.56 Å². The molecule has 1 fully saturated rings. The minimum Gasteiger partial charge on any atom is -0.285 e. The van der Waals surface area contributed by atoms with E-state index in [1.807, 2.05) is 0 Å². The van der Waals surface area contributed by atoms with Gasteiger partial charge in [-0.15, -0.1) is 11.6 Å². The lowest BCUT2D eigenvalue weighted by atomic mass is 10.5. The second-order valence-electron chi connectivity index (χ2n) is 2.60. The molecule has 1 aliphatic heterocycles. The predicted octanol–water partition coefficient (Wildman–Crippen LogP) is 3.48. The van der Waals surface area contributed by atoms with Gasteiger partial charge in [-0.2, -0.15) is 0 Å². The molecule has 0 aromatic heterocycles. The van der Waals surface area contributed by atoms with Gasteiger partial charge in [0, 0.05) is 0 Å². The predicted molar refractivity (Wildman–Crippen MR) is 55.1 cm³/mol. The van der Waals surface area contributed by atoms with E-state index in [2.05, 4.69) is 9.05 Å². The summed E-state index contributed by atoms with van der Waals surface area (Å²) in [7, 11) is -3.78. The second-order valence-corrected chi connectivity index (χ2v) is 6.60. The molecule has 3 unspecified atom stereocenters. The smallest absolute Gasteiger partial charge is 0.285 e. The van der Waals surface area contributed by atoms with Crippen LogP contribution >= 0.6 is 54.2 Å². The second kappa shape index (κ2) is 4.64. The third-order valence-corrected chi connectivity index (χ3v) is 4.26. The quantitative estimate of drug-likeness (QED) is 0.591. The Morgan fingerprint density at radius 2 is 2.21 bits per heavy atom. The molecule has 1 saturated heterocycles. The first kappa shape index (κ1) is 13.3. The van der Waals surface area contributed by atoms with Crippen molar-refractivity contribution in [2.75, 3.05) is 6.61 Å². The average molecular weight is 304 g/mol. The van der Waals surface area contributed by atoms with Gasteiger partial charge in [-0.3, -0.25) is 9.05 Å². The van der Waals surface area contributed by atoms with Gasteiger partial charge in [-0.05, 0) is 6.92 Å². The van der Waals surface area contributed by atoms with Gasteiger partial charge >= 0.3 is 7.82 Å². The summed E-state index contributed by atoms with van der Waals surface area (Å²) >= 11 is 22.1. The SMILES string of the molecule is CC(Cl)COP1(=O)OC(Cl)C(Cl)(Cl)O1. The molecule has 1 rings (SSSR count). The van der Waals surface area contributed by atoms with Crippen LogP contribution in [0.2, 0.25) is 0 Å². The Balaban J connectivity index is 2.58. The highest BCUT2D eigenvalue weighted by atomic mass is 35.5. The first-order chi connectivity index (χ1) is 6.25. The van der Waals surface area contributed by atoms with E-state index in [1.165, 1.54) is 0 Å². The van der Waals surface area contributed by atoms with Crippen molar-refractivity contribution in [2.24, 2.45) is 0 Å². The van der Waals surface area contributed by atoms with Crippen LogP contribution in [0.1, 0.15) is 6.92 Å². The lowest BCUT2D eigenvalue weighted by Gasteiger charge is -2.12. The molecule has 1 heterocycles. The van der Waals surface area contributed by atoms with Crippen LogP contribution in [0.5, 0.6) is 0 Å². The van der Waals surface area contributed by atoms with E-state index in [0.29, 0.717) is 0 Å². The van der Waals surface area contributed by atoms with E-state index in [4.69, 9.17) is 50.9 Å².